The summed E-state index contributed by atoms with van der Waals surface area (Å²) in [5.41, 5.74) is 5.11. The molecule has 0 saturated heterocycles. The summed E-state index contributed by atoms with van der Waals surface area (Å²) >= 11 is 0. The Kier molecular flexibility index (Phi) is 5.99. The quantitative estimate of drug-likeness (QED) is 0.636. The second-order valence-electron chi connectivity index (χ2n) is 8.55. The van der Waals surface area contributed by atoms with Crippen molar-refractivity contribution < 1.29 is 9.59 Å². The van der Waals surface area contributed by atoms with E-state index in [4.69, 9.17) is 5.73 Å². The highest BCUT2D eigenvalue weighted by molar-refractivity contribution is 5.75. The summed E-state index contributed by atoms with van der Waals surface area (Å²) in [6, 6.07) is -0.189. The number of rotatable bonds is 3. The molecular formula is C18H34N4O2. The maximum atomic E-state index is 12.6. The number of hydrogen-bond donors (Lipinski definition) is 4. The normalized spacial score (nSPS) is 27.1. The van der Waals surface area contributed by atoms with E-state index >= 15 is 0 Å². The van der Waals surface area contributed by atoms with Crippen LogP contribution in [-0.2, 0) is 0 Å². The number of urea groups is 2. The molecule has 0 aromatic rings. The molecule has 0 heterocycles. The smallest absolute Gasteiger partial charge is 0.315 e. The molecule has 24 heavy (non-hydrogen) atoms. The highest BCUT2D eigenvalue weighted by Crippen LogP contribution is 2.41. The predicted molar refractivity (Wildman–Crippen MR) is 95.7 cm³/mol. The van der Waals surface area contributed by atoms with Crippen molar-refractivity contribution in [1.29, 1.82) is 0 Å². The van der Waals surface area contributed by atoms with Gasteiger partial charge in [0, 0.05) is 17.6 Å². The third-order valence-corrected chi connectivity index (χ3v) is 5.90. The van der Waals surface area contributed by atoms with Crippen molar-refractivity contribution in [3.63, 3.8) is 0 Å². The molecular weight excluding hydrogens is 304 g/mol. The van der Waals surface area contributed by atoms with Gasteiger partial charge in [0.25, 0.3) is 0 Å². The van der Waals surface area contributed by atoms with Crippen LogP contribution < -0.4 is 21.7 Å². The van der Waals surface area contributed by atoms with Gasteiger partial charge < -0.3 is 21.7 Å². The van der Waals surface area contributed by atoms with Crippen LogP contribution >= 0.6 is 0 Å². The number of amides is 4. The molecule has 0 atom stereocenters. The minimum Gasteiger partial charge on any atom is -0.352 e. The number of primary amides is 1. The van der Waals surface area contributed by atoms with Crippen molar-refractivity contribution in [3.05, 3.63) is 0 Å². The van der Waals surface area contributed by atoms with E-state index in [1.165, 1.54) is 19.3 Å². The van der Waals surface area contributed by atoms with Gasteiger partial charge in [-0.25, -0.2) is 9.59 Å². The third-order valence-electron chi connectivity index (χ3n) is 5.90. The van der Waals surface area contributed by atoms with Crippen LogP contribution in [0.3, 0.4) is 0 Å². The summed E-state index contributed by atoms with van der Waals surface area (Å²) in [7, 11) is 0. The van der Waals surface area contributed by atoms with Crippen LogP contribution in [0, 0.1) is 5.41 Å². The lowest BCUT2D eigenvalue weighted by atomic mass is 9.65. The molecule has 5 N–H and O–H groups in total. The van der Waals surface area contributed by atoms with E-state index in [1.54, 1.807) is 0 Å². The molecule has 0 aliphatic heterocycles. The topological polar surface area (TPSA) is 96.2 Å². The highest BCUT2D eigenvalue weighted by Gasteiger charge is 2.43. The van der Waals surface area contributed by atoms with E-state index < -0.39 is 6.03 Å². The SMILES string of the molecule is CC(C)(C)C1(NC(=O)NC2CCC(NC(N)=O)CC2)CCCCC1. The minimum atomic E-state index is -0.464. The van der Waals surface area contributed by atoms with Crippen molar-refractivity contribution in [3.8, 4) is 0 Å². The average Bonchev–Trinajstić information content (AvgIpc) is 2.48. The van der Waals surface area contributed by atoms with Crippen molar-refractivity contribution in [1.82, 2.24) is 16.0 Å². The second kappa shape index (κ2) is 7.62. The number of hydrogen-bond acceptors (Lipinski definition) is 2. The van der Waals surface area contributed by atoms with Crippen molar-refractivity contribution >= 4 is 12.1 Å². The number of carbonyl (C=O) groups is 2. The van der Waals surface area contributed by atoms with Crippen LogP contribution in [0.1, 0.15) is 78.6 Å². The monoisotopic (exact) mass is 338 g/mol. The molecule has 2 aliphatic rings. The molecule has 0 radical (unpaired) electrons. The Labute approximate surface area is 145 Å². The van der Waals surface area contributed by atoms with Crippen LogP contribution in [0.5, 0.6) is 0 Å². The molecule has 2 aliphatic carbocycles. The van der Waals surface area contributed by atoms with Crippen LogP contribution in [0.4, 0.5) is 9.59 Å². The van der Waals surface area contributed by atoms with E-state index in [9.17, 15) is 9.59 Å². The molecule has 0 spiro atoms. The lowest BCUT2D eigenvalue weighted by Gasteiger charge is -2.48. The standard InChI is InChI=1S/C18H34N4O2/c1-17(2,3)18(11-5-4-6-12-18)22-16(24)21-14-9-7-13(8-10-14)20-15(19)23/h13-14H,4-12H2,1-3H3,(H3,19,20,23)(H2,21,22,24). The largest absolute Gasteiger partial charge is 0.352 e. The molecule has 0 bridgehead atoms. The maximum Gasteiger partial charge on any atom is 0.315 e. The van der Waals surface area contributed by atoms with E-state index in [0.717, 1.165) is 38.5 Å². The Morgan fingerprint density at radius 1 is 0.917 bits per heavy atom. The maximum absolute atomic E-state index is 12.6. The van der Waals surface area contributed by atoms with Gasteiger partial charge in [-0.2, -0.15) is 0 Å². The predicted octanol–water partition coefficient (Wildman–Crippen LogP) is 3.01. The van der Waals surface area contributed by atoms with E-state index in [-0.39, 0.29) is 29.1 Å². The van der Waals surface area contributed by atoms with Gasteiger partial charge in [-0.15, -0.1) is 0 Å². The minimum absolute atomic E-state index is 0.0434. The summed E-state index contributed by atoms with van der Waals surface area (Å²) in [5, 5.41) is 9.22. The van der Waals surface area contributed by atoms with Crippen LogP contribution in [0.25, 0.3) is 0 Å². The molecule has 2 rings (SSSR count). The average molecular weight is 338 g/mol. The zero-order chi connectivity index (χ0) is 17.8. The Bertz CT molecular complexity index is 444. The van der Waals surface area contributed by atoms with Crippen molar-refractivity contribution in [2.45, 2.75) is 96.2 Å². The Morgan fingerprint density at radius 3 is 1.88 bits per heavy atom. The van der Waals surface area contributed by atoms with Gasteiger partial charge >= 0.3 is 12.1 Å². The summed E-state index contributed by atoms with van der Waals surface area (Å²) in [6.07, 6.45) is 9.21. The fourth-order valence-electron chi connectivity index (χ4n) is 4.24. The zero-order valence-electron chi connectivity index (χ0n) is 15.4. The molecule has 2 fully saturated rings. The molecule has 4 amide bonds. The van der Waals surface area contributed by atoms with Gasteiger partial charge in [-0.05, 0) is 43.9 Å². The Balaban J connectivity index is 1.85. The first-order chi connectivity index (χ1) is 11.2. The molecule has 0 aromatic carbocycles. The van der Waals surface area contributed by atoms with Crippen molar-refractivity contribution in [2.75, 3.05) is 0 Å². The Morgan fingerprint density at radius 2 is 1.42 bits per heavy atom. The molecule has 6 heteroatoms. The first-order valence-corrected chi connectivity index (χ1v) is 9.36. The number of nitrogens with one attached hydrogen (secondary N) is 3. The van der Waals surface area contributed by atoms with Crippen LogP contribution in [0.2, 0.25) is 0 Å². The highest BCUT2D eigenvalue weighted by atomic mass is 16.2. The van der Waals surface area contributed by atoms with Crippen molar-refractivity contribution in [2.24, 2.45) is 11.1 Å². The van der Waals surface area contributed by atoms with Gasteiger partial charge in [-0.3, -0.25) is 0 Å². The second-order valence-corrected chi connectivity index (χ2v) is 8.55. The third kappa shape index (κ3) is 4.77. The fourth-order valence-corrected chi connectivity index (χ4v) is 4.24. The number of carbonyl (C=O) groups excluding carboxylic acids is 2. The van der Waals surface area contributed by atoms with Crippen LogP contribution in [-0.4, -0.2) is 29.7 Å². The van der Waals surface area contributed by atoms with E-state index in [1.807, 2.05) is 0 Å². The molecule has 0 aromatic heterocycles. The summed E-state index contributed by atoms with van der Waals surface area (Å²) in [6.45, 7) is 6.66. The molecule has 2 saturated carbocycles. The fraction of sp³-hybridized carbons (Fsp3) is 0.889. The summed E-state index contributed by atoms with van der Waals surface area (Å²) < 4.78 is 0. The van der Waals surface area contributed by atoms with Gasteiger partial charge in [0.15, 0.2) is 0 Å². The van der Waals surface area contributed by atoms with E-state index in [2.05, 4.69) is 36.7 Å². The summed E-state index contributed by atoms with van der Waals surface area (Å²) in [4.78, 5) is 23.5. The molecule has 138 valence electrons. The van der Waals surface area contributed by atoms with Gasteiger partial charge in [0.2, 0.25) is 0 Å². The lowest BCUT2D eigenvalue weighted by molar-refractivity contribution is 0.0956. The lowest BCUT2D eigenvalue weighted by Crippen LogP contribution is -2.61. The van der Waals surface area contributed by atoms with Gasteiger partial charge in [-0.1, -0.05) is 40.0 Å². The summed E-state index contributed by atoms with van der Waals surface area (Å²) in [5.74, 6) is 0. The van der Waals surface area contributed by atoms with Gasteiger partial charge in [0.1, 0.15) is 0 Å². The molecule has 0 unspecified atom stereocenters. The Hall–Kier alpha value is -1.46. The first-order valence-electron chi connectivity index (χ1n) is 9.36. The number of nitrogens with two attached hydrogens (primary N) is 1. The van der Waals surface area contributed by atoms with Gasteiger partial charge in [0.05, 0.1) is 0 Å². The molecule has 6 nitrogen and oxygen atoms in total. The van der Waals surface area contributed by atoms with E-state index in [0.29, 0.717) is 0 Å². The first kappa shape index (κ1) is 18.9. The zero-order valence-corrected chi connectivity index (χ0v) is 15.4. The van der Waals surface area contributed by atoms with Crippen LogP contribution in [0.15, 0.2) is 0 Å².